The molecule has 2 aliphatic rings. The molecule has 3 heteroatoms. The van der Waals surface area contributed by atoms with Gasteiger partial charge >= 0.3 is 0 Å². The van der Waals surface area contributed by atoms with Crippen molar-refractivity contribution < 1.29 is 4.74 Å². The van der Waals surface area contributed by atoms with Crippen LogP contribution in [0.2, 0.25) is 0 Å². The molecular formula is C18H20N2O. The van der Waals surface area contributed by atoms with Gasteiger partial charge in [0.25, 0.3) is 0 Å². The second kappa shape index (κ2) is 4.78. The number of benzene rings is 2. The maximum Gasteiger partial charge on any atom is 0.121 e. The Labute approximate surface area is 125 Å². The van der Waals surface area contributed by atoms with Crippen LogP contribution in [0.3, 0.4) is 0 Å². The predicted molar refractivity (Wildman–Crippen MR) is 84.9 cm³/mol. The molecule has 21 heavy (non-hydrogen) atoms. The van der Waals surface area contributed by atoms with E-state index in [2.05, 4.69) is 47.6 Å². The number of likely N-dealkylation sites (tertiary alicyclic amines) is 1. The molecule has 0 amide bonds. The van der Waals surface area contributed by atoms with Crippen LogP contribution in [0.1, 0.15) is 11.1 Å². The number of anilines is 1. The molecule has 0 aliphatic carbocycles. The van der Waals surface area contributed by atoms with Crippen molar-refractivity contribution in [2.45, 2.75) is 12.0 Å². The first kappa shape index (κ1) is 12.7. The van der Waals surface area contributed by atoms with E-state index < -0.39 is 0 Å². The Morgan fingerprint density at radius 1 is 1.14 bits per heavy atom. The summed E-state index contributed by atoms with van der Waals surface area (Å²) in [6, 6.07) is 16.8. The van der Waals surface area contributed by atoms with E-state index in [-0.39, 0.29) is 0 Å². The molecule has 0 aromatic heterocycles. The van der Waals surface area contributed by atoms with Crippen molar-refractivity contribution in [2.75, 3.05) is 32.0 Å². The van der Waals surface area contributed by atoms with Crippen molar-refractivity contribution >= 4 is 5.69 Å². The van der Waals surface area contributed by atoms with E-state index in [9.17, 15) is 0 Å². The maximum absolute atomic E-state index is 5.91. The molecule has 2 aromatic rings. The van der Waals surface area contributed by atoms with Crippen LogP contribution in [-0.4, -0.2) is 31.6 Å². The second-order valence-electron chi connectivity index (χ2n) is 6.29. The zero-order chi connectivity index (χ0) is 14.3. The van der Waals surface area contributed by atoms with Gasteiger partial charge in [0.05, 0.1) is 0 Å². The number of fused-ring (bicyclic) bond motifs is 2. The zero-order valence-electron chi connectivity index (χ0n) is 12.3. The van der Waals surface area contributed by atoms with Gasteiger partial charge in [0, 0.05) is 36.8 Å². The third-order valence-corrected chi connectivity index (χ3v) is 4.57. The Morgan fingerprint density at radius 2 is 1.95 bits per heavy atom. The second-order valence-corrected chi connectivity index (χ2v) is 6.29. The van der Waals surface area contributed by atoms with Crippen molar-refractivity contribution in [1.82, 2.24) is 4.90 Å². The van der Waals surface area contributed by atoms with Crippen LogP contribution in [-0.2, 0) is 12.0 Å². The van der Waals surface area contributed by atoms with Crippen molar-refractivity contribution in [2.24, 2.45) is 0 Å². The quantitative estimate of drug-likeness (QED) is 0.935. The molecule has 0 saturated carbocycles. The van der Waals surface area contributed by atoms with E-state index in [1.54, 1.807) is 0 Å². The minimum Gasteiger partial charge on any atom is -0.489 e. The maximum atomic E-state index is 5.91. The Morgan fingerprint density at radius 3 is 2.71 bits per heavy atom. The largest absolute Gasteiger partial charge is 0.489 e. The molecule has 0 atom stereocenters. The molecule has 2 aliphatic heterocycles. The first-order chi connectivity index (χ1) is 10.3. The van der Waals surface area contributed by atoms with Crippen molar-refractivity contribution in [1.29, 1.82) is 0 Å². The van der Waals surface area contributed by atoms with Crippen LogP contribution in [0.25, 0.3) is 0 Å². The van der Waals surface area contributed by atoms with E-state index in [4.69, 9.17) is 4.74 Å². The minimum absolute atomic E-state index is 0.335. The summed E-state index contributed by atoms with van der Waals surface area (Å²) in [7, 11) is 2.18. The monoisotopic (exact) mass is 280 g/mol. The van der Waals surface area contributed by atoms with E-state index >= 15 is 0 Å². The Bertz CT molecular complexity index is 648. The lowest BCUT2D eigenvalue weighted by atomic mass is 9.76. The van der Waals surface area contributed by atoms with Gasteiger partial charge in [-0.05, 0) is 24.2 Å². The summed E-state index contributed by atoms with van der Waals surface area (Å²) in [4.78, 5) is 2.37. The van der Waals surface area contributed by atoms with Gasteiger partial charge in [0.1, 0.15) is 12.4 Å². The van der Waals surface area contributed by atoms with Crippen LogP contribution in [0.5, 0.6) is 5.75 Å². The molecule has 0 unspecified atom stereocenters. The molecule has 1 fully saturated rings. The molecule has 1 N–H and O–H groups in total. The summed E-state index contributed by atoms with van der Waals surface area (Å²) < 4.78 is 5.91. The number of ether oxygens (including phenoxy) is 1. The third-order valence-electron chi connectivity index (χ3n) is 4.57. The van der Waals surface area contributed by atoms with Gasteiger partial charge in [0.15, 0.2) is 0 Å². The number of nitrogens with zero attached hydrogens (tertiary/aromatic N) is 1. The van der Waals surface area contributed by atoms with Gasteiger partial charge in [0.2, 0.25) is 0 Å². The molecule has 0 bridgehead atoms. The molecule has 1 saturated heterocycles. The SMILES string of the molecule is CN1CC2(CNc3cc(OCc4ccccc4)ccc32)C1. The van der Waals surface area contributed by atoms with Crippen LogP contribution < -0.4 is 10.1 Å². The molecule has 2 heterocycles. The number of nitrogens with one attached hydrogen (secondary N) is 1. The van der Waals surface area contributed by atoms with Gasteiger partial charge < -0.3 is 15.0 Å². The topological polar surface area (TPSA) is 24.5 Å². The lowest BCUT2D eigenvalue weighted by Crippen LogP contribution is -2.58. The standard InChI is InChI=1S/C18H20N2O/c1-20-12-18(13-20)11-19-17-9-15(7-8-16(17)18)21-10-14-5-3-2-4-6-14/h2-9,19H,10-13H2,1H3. The van der Waals surface area contributed by atoms with Crippen LogP contribution in [0, 0.1) is 0 Å². The van der Waals surface area contributed by atoms with Crippen LogP contribution in [0.15, 0.2) is 48.5 Å². The van der Waals surface area contributed by atoms with Gasteiger partial charge in [-0.25, -0.2) is 0 Å². The average Bonchev–Trinajstić information content (AvgIpc) is 2.85. The highest BCUT2D eigenvalue weighted by molar-refractivity contribution is 5.64. The number of likely N-dealkylation sites (N-methyl/N-ethyl adjacent to an activating group) is 1. The molecule has 4 rings (SSSR count). The molecule has 2 aromatic carbocycles. The predicted octanol–water partition coefficient (Wildman–Crippen LogP) is 2.87. The highest BCUT2D eigenvalue weighted by atomic mass is 16.5. The fourth-order valence-electron chi connectivity index (χ4n) is 3.59. The van der Waals surface area contributed by atoms with Crippen molar-refractivity contribution in [3.05, 3.63) is 59.7 Å². The normalized spacial score (nSPS) is 18.9. The summed E-state index contributed by atoms with van der Waals surface area (Å²) in [5.41, 5.74) is 4.23. The summed E-state index contributed by atoms with van der Waals surface area (Å²) in [5.74, 6) is 0.940. The highest BCUT2D eigenvalue weighted by Crippen LogP contribution is 2.43. The van der Waals surface area contributed by atoms with E-state index in [1.165, 1.54) is 16.8 Å². The van der Waals surface area contributed by atoms with Crippen LogP contribution in [0.4, 0.5) is 5.69 Å². The van der Waals surface area contributed by atoms with E-state index in [1.807, 2.05) is 18.2 Å². The fraction of sp³-hybridized carbons (Fsp3) is 0.333. The lowest BCUT2D eigenvalue weighted by molar-refractivity contribution is 0.109. The number of hydrogen-bond acceptors (Lipinski definition) is 3. The smallest absolute Gasteiger partial charge is 0.121 e. The minimum atomic E-state index is 0.335. The van der Waals surface area contributed by atoms with Gasteiger partial charge in [-0.2, -0.15) is 0 Å². The van der Waals surface area contributed by atoms with Gasteiger partial charge in [-0.1, -0.05) is 36.4 Å². The summed E-state index contributed by atoms with van der Waals surface area (Å²) in [6.45, 7) is 3.97. The summed E-state index contributed by atoms with van der Waals surface area (Å²) in [6.07, 6.45) is 0. The highest BCUT2D eigenvalue weighted by Gasteiger charge is 2.47. The van der Waals surface area contributed by atoms with Crippen LogP contribution >= 0.6 is 0 Å². The summed E-state index contributed by atoms with van der Waals surface area (Å²) >= 11 is 0. The summed E-state index contributed by atoms with van der Waals surface area (Å²) in [5, 5.41) is 3.55. The van der Waals surface area contributed by atoms with Gasteiger partial charge in [-0.15, -0.1) is 0 Å². The van der Waals surface area contributed by atoms with Crippen molar-refractivity contribution in [3.63, 3.8) is 0 Å². The number of rotatable bonds is 3. The van der Waals surface area contributed by atoms with Gasteiger partial charge in [-0.3, -0.25) is 0 Å². The van der Waals surface area contributed by atoms with E-state index in [0.717, 1.165) is 25.4 Å². The zero-order valence-corrected chi connectivity index (χ0v) is 12.3. The molecule has 0 radical (unpaired) electrons. The fourth-order valence-corrected chi connectivity index (χ4v) is 3.59. The molecule has 1 spiro atoms. The Hall–Kier alpha value is -2.00. The first-order valence-corrected chi connectivity index (χ1v) is 7.49. The Kier molecular flexibility index (Phi) is 2.89. The van der Waals surface area contributed by atoms with Crippen molar-refractivity contribution in [3.8, 4) is 5.75 Å². The lowest BCUT2D eigenvalue weighted by Gasteiger charge is -2.46. The first-order valence-electron chi connectivity index (χ1n) is 7.49. The Balaban J connectivity index is 1.49. The average molecular weight is 280 g/mol. The molecular weight excluding hydrogens is 260 g/mol. The van der Waals surface area contributed by atoms with E-state index in [0.29, 0.717) is 12.0 Å². The number of hydrogen-bond donors (Lipinski definition) is 1. The molecule has 108 valence electrons. The third kappa shape index (κ3) is 2.18. The molecule has 3 nitrogen and oxygen atoms in total.